The standard InChI is InChI=1S/C18H28FN3O2/c19-17-11-15(3-4-18(17)22-7-9-24-10-8-22)12-20-13-16(23)14-21-5-1-2-6-21/h3-4,11,16,20,23H,1-2,5-10,12-14H2. The molecule has 6 heteroatoms. The maximum absolute atomic E-state index is 14.3. The predicted octanol–water partition coefficient (Wildman–Crippen LogP) is 1.21. The number of rotatable bonds is 7. The molecule has 1 aromatic rings. The molecule has 2 N–H and O–H groups in total. The van der Waals surface area contributed by atoms with Crippen molar-refractivity contribution in [3.8, 4) is 0 Å². The molecular formula is C18H28FN3O2. The Labute approximate surface area is 143 Å². The van der Waals surface area contributed by atoms with Crippen LogP contribution < -0.4 is 10.2 Å². The van der Waals surface area contributed by atoms with E-state index in [4.69, 9.17) is 4.74 Å². The highest BCUT2D eigenvalue weighted by atomic mass is 19.1. The first-order valence-corrected chi connectivity index (χ1v) is 8.94. The van der Waals surface area contributed by atoms with Crippen LogP contribution >= 0.6 is 0 Å². The number of nitrogens with one attached hydrogen (secondary N) is 1. The van der Waals surface area contributed by atoms with E-state index in [0.29, 0.717) is 32.0 Å². The van der Waals surface area contributed by atoms with E-state index in [1.807, 2.05) is 17.0 Å². The van der Waals surface area contributed by atoms with E-state index < -0.39 is 0 Å². The molecular weight excluding hydrogens is 309 g/mol. The lowest BCUT2D eigenvalue weighted by molar-refractivity contribution is 0.122. The summed E-state index contributed by atoms with van der Waals surface area (Å²) in [6.45, 7) is 6.76. The van der Waals surface area contributed by atoms with E-state index in [2.05, 4.69) is 10.2 Å². The Morgan fingerprint density at radius 1 is 1.17 bits per heavy atom. The number of benzene rings is 1. The minimum absolute atomic E-state index is 0.186. The SMILES string of the molecule is OC(CNCc1ccc(N2CCOCC2)c(F)c1)CN1CCCC1. The van der Waals surface area contributed by atoms with Crippen molar-refractivity contribution in [2.45, 2.75) is 25.5 Å². The molecule has 1 atom stereocenters. The fourth-order valence-corrected chi connectivity index (χ4v) is 3.43. The van der Waals surface area contributed by atoms with Gasteiger partial charge >= 0.3 is 0 Å². The summed E-state index contributed by atoms with van der Waals surface area (Å²) in [7, 11) is 0. The summed E-state index contributed by atoms with van der Waals surface area (Å²) >= 11 is 0. The van der Waals surface area contributed by atoms with Crippen molar-refractivity contribution >= 4 is 5.69 Å². The van der Waals surface area contributed by atoms with Crippen LogP contribution in [0.4, 0.5) is 10.1 Å². The molecule has 0 amide bonds. The molecule has 1 aromatic carbocycles. The van der Waals surface area contributed by atoms with Crippen LogP contribution in [-0.2, 0) is 11.3 Å². The third-order valence-electron chi connectivity index (χ3n) is 4.74. The Bertz CT molecular complexity index is 517. The first-order valence-electron chi connectivity index (χ1n) is 8.94. The Balaban J connectivity index is 1.44. The van der Waals surface area contributed by atoms with Gasteiger partial charge in [-0.05, 0) is 43.6 Å². The molecule has 2 fully saturated rings. The second kappa shape index (κ2) is 8.76. The zero-order valence-corrected chi connectivity index (χ0v) is 14.2. The van der Waals surface area contributed by atoms with Crippen molar-refractivity contribution < 1.29 is 14.2 Å². The number of nitrogens with zero attached hydrogens (tertiary/aromatic N) is 2. The van der Waals surface area contributed by atoms with E-state index in [0.717, 1.165) is 38.3 Å². The van der Waals surface area contributed by atoms with Crippen LogP contribution in [0.15, 0.2) is 18.2 Å². The van der Waals surface area contributed by atoms with Crippen LogP contribution in [0.2, 0.25) is 0 Å². The van der Waals surface area contributed by atoms with Gasteiger partial charge in [-0.3, -0.25) is 0 Å². The highest BCUT2D eigenvalue weighted by Gasteiger charge is 2.16. The van der Waals surface area contributed by atoms with Gasteiger partial charge < -0.3 is 25.0 Å². The van der Waals surface area contributed by atoms with Gasteiger partial charge in [0.15, 0.2) is 0 Å². The van der Waals surface area contributed by atoms with E-state index in [-0.39, 0.29) is 11.9 Å². The second-order valence-corrected chi connectivity index (χ2v) is 6.68. The van der Waals surface area contributed by atoms with E-state index in [1.54, 1.807) is 6.07 Å². The van der Waals surface area contributed by atoms with Crippen molar-refractivity contribution in [1.82, 2.24) is 10.2 Å². The molecule has 2 heterocycles. The van der Waals surface area contributed by atoms with Gasteiger partial charge in [0.05, 0.1) is 25.0 Å². The number of aliphatic hydroxyl groups excluding tert-OH is 1. The predicted molar refractivity (Wildman–Crippen MR) is 92.8 cm³/mol. The molecule has 2 aliphatic rings. The largest absolute Gasteiger partial charge is 0.390 e. The number of halogens is 1. The normalized spacial score (nSPS) is 20.5. The molecule has 134 valence electrons. The molecule has 0 spiro atoms. The number of hydrogen-bond donors (Lipinski definition) is 2. The maximum Gasteiger partial charge on any atom is 0.146 e. The molecule has 0 saturated carbocycles. The molecule has 2 aliphatic heterocycles. The average Bonchev–Trinajstić information content (AvgIpc) is 3.09. The fraction of sp³-hybridized carbons (Fsp3) is 0.667. The quantitative estimate of drug-likeness (QED) is 0.783. The Kier molecular flexibility index (Phi) is 6.43. The second-order valence-electron chi connectivity index (χ2n) is 6.68. The van der Waals surface area contributed by atoms with Gasteiger partial charge in [-0.15, -0.1) is 0 Å². The number of anilines is 1. The van der Waals surface area contributed by atoms with Gasteiger partial charge in [-0.1, -0.05) is 6.07 Å². The third kappa shape index (κ3) is 4.89. The van der Waals surface area contributed by atoms with Crippen LogP contribution in [0.25, 0.3) is 0 Å². The van der Waals surface area contributed by atoms with Gasteiger partial charge in [-0.2, -0.15) is 0 Å². The monoisotopic (exact) mass is 337 g/mol. The topological polar surface area (TPSA) is 48.0 Å². The Morgan fingerprint density at radius 3 is 2.62 bits per heavy atom. The highest BCUT2D eigenvalue weighted by Crippen LogP contribution is 2.21. The van der Waals surface area contributed by atoms with Gasteiger partial charge in [0.1, 0.15) is 5.82 Å². The summed E-state index contributed by atoms with van der Waals surface area (Å²) in [6.07, 6.45) is 2.09. The summed E-state index contributed by atoms with van der Waals surface area (Å²) in [5.74, 6) is -0.186. The van der Waals surface area contributed by atoms with E-state index in [9.17, 15) is 9.50 Å². The number of aliphatic hydroxyl groups is 1. The van der Waals surface area contributed by atoms with E-state index in [1.165, 1.54) is 12.8 Å². The van der Waals surface area contributed by atoms with Gasteiger partial charge in [0.25, 0.3) is 0 Å². The summed E-state index contributed by atoms with van der Waals surface area (Å²) in [5, 5.41) is 13.3. The molecule has 0 aromatic heterocycles. The molecule has 0 radical (unpaired) electrons. The zero-order chi connectivity index (χ0) is 16.8. The number of β-amino-alcohol motifs (C(OH)–C–C–N with tert-alkyl or cyclic N) is 1. The summed E-state index contributed by atoms with van der Waals surface area (Å²) in [5.41, 5.74) is 1.55. The van der Waals surface area contributed by atoms with Crippen LogP contribution in [0.3, 0.4) is 0 Å². The minimum atomic E-state index is -0.374. The van der Waals surface area contributed by atoms with Crippen LogP contribution in [0, 0.1) is 5.82 Å². The van der Waals surface area contributed by atoms with Crippen molar-refractivity contribution in [2.75, 3.05) is 57.4 Å². The lowest BCUT2D eigenvalue weighted by Crippen LogP contribution is -2.37. The number of ether oxygens (including phenoxy) is 1. The van der Waals surface area contributed by atoms with Crippen molar-refractivity contribution in [3.63, 3.8) is 0 Å². The molecule has 5 nitrogen and oxygen atoms in total. The zero-order valence-electron chi connectivity index (χ0n) is 14.2. The van der Waals surface area contributed by atoms with Crippen molar-refractivity contribution in [3.05, 3.63) is 29.6 Å². The Hall–Kier alpha value is -1.21. The van der Waals surface area contributed by atoms with E-state index >= 15 is 0 Å². The van der Waals surface area contributed by atoms with Crippen LogP contribution in [0.1, 0.15) is 18.4 Å². The van der Waals surface area contributed by atoms with Gasteiger partial charge in [-0.25, -0.2) is 4.39 Å². The highest BCUT2D eigenvalue weighted by molar-refractivity contribution is 5.49. The number of likely N-dealkylation sites (tertiary alicyclic amines) is 1. The van der Waals surface area contributed by atoms with Crippen molar-refractivity contribution in [2.24, 2.45) is 0 Å². The van der Waals surface area contributed by atoms with Gasteiger partial charge in [0.2, 0.25) is 0 Å². The molecule has 3 rings (SSSR count). The number of morpholine rings is 1. The lowest BCUT2D eigenvalue weighted by Gasteiger charge is -2.29. The van der Waals surface area contributed by atoms with Crippen LogP contribution in [0.5, 0.6) is 0 Å². The first-order chi connectivity index (χ1) is 11.7. The summed E-state index contributed by atoms with van der Waals surface area (Å²) in [6, 6.07) is 5.39. The molecule has 24 heavy (non-hydrogen) atoms. The first kappa shape index (κ1) is 17.6. The average molecular weight is 337 g/mol. The fourth-order valence-electron chi connectivity index (χ4n) is 3.43. The molecule has 2 saturated heterocycles. The molecule has 1 unspecified atom stereocenters. The van der Waals surface area contributed by atoms with Crippen LogP contribution in [-0.4, -0.2) is 68.6 Å². The minimum Gasteiger partial charge on any atom is -0.390 e. The maximum atomic E-state index is 14.3. The number of hydrogen-bond acceptors (Lipinski definition) is 5. The Morgan fingerprint density at radius 2 is 1.92 bits per heavy atom. The molecule has 0 bridgehead atoms. The van der Waals surface area contributed by atoms with Crippen molar-refractivity contribution in [1.29, 1.82) is 0 Å². The lowest BCUT2D eigenvalue weighted by atomic mass is 10.1. The smallest absolute Gasteiger partial charge is 0.146 e. The molecule has 0 aliphatic carbocycles. The van der Waals surface area contributed by atoms with Gasteiger partial charge in [0, 0.05) is 32.7 Å². The summed E-state index contributed by atoms with van der Waals surface area (Å²) in [4.78, 5) is 4.32. The third-order valence-corrected chi connectivity index (χ3v) is 4.74. The summed E-state index contributed by atoms with van der Waals surface area (Å²) < 4.78 is 19.6.